The SMILES string of the molecule is Cc1ccc2scc(C(C(=O)N/C=C/c3ccc(F)c(F)c3)P(C)(=O)OCCNC(=O)C(F)(F)F)c2c1. The molecule has 0 radical (unpaired) electrons. The van der Waals surface area contributed by atoms with Crippen LogP contribution in [-0.4, -0.2) is 37.8 Å². The maximum Gasteiger partial charge on any atom is 0.471 e. The number of carbonyl (C=O) groups excluding carboxylic acids is 2. The van der Waals surface area contributed by atoms with Crippen LogP contribution in [0.1, 0.15) is 22.3 Å². The predicted molar refractivity (Wildman–Crippen MR) is 131 cm³/mol. The summed E-state index contributed by atoms with van der Waals surface area (Å²) in [6.07, 6.45) is -2.60. The molecule has 37 heavy (non-hydrogen) atoms. The Balaban J connectivity index is 1.84. The number of carbonyl (C=O) groups is 2. The molecule has 2 amide bonds. The van der Waals surface area contributed by atoms with E-state index in [4.69, 9.17) is 4.52 Å². The van der Waals surface area contributed by atoms with E-state index in [1.807, 2.05) is 25.1 Å². The largest absolute Gasteiger partial charge is 0.471 e. The predicted octanol–water partition coefficient (Wildman–Crippen LogP) is 5.92. The van der Waals surface area contributed by atoms with Crippen molar-refractivity contribution >= 4 is 46.7 Å². The first-order chi connectivity index (χ1) is 17.3. The molecule has 6 nitrogen and oxygen atoms in total. The molecule has 2 unspecified atom stereocenters. The van der Waals surface area contributed by atoms with E-state index in [2.05, 4.69) is 5.32 Å². The van der Waals surface area contributed by atoms with Crippen molar-refractivity contribution in [3.63, 3.8) is 0 Å². The van der Waals surface area contributed by atoms with Crippen LogP contribution in [0, 0.1) is 18.6 Å². The quantitative estimate of drug-likeness (QED) is 0.193. The van der Waals surface area contributed by atoms with Crippen LogP contribution in [0.15, 0.2) is 48.0 Å². The third kappa shape index (κ3) is 7.24. The van der Waals surface area contributed by atoms with Gasteiger partial charge in [0.1, 0.15) is 5.66 Å². The van der Waals surface area contributed by atoms with E-state index in [0.717, 1.165) is 22.4 Å². The average Bonchev–Trinajstić information content (AvgIpc) is 3.20. The molecule has 0 fully saturated rings. The molecule has 0 aliphatic heterocycles. The first-order valence-corrected chi connectivity index (χ1v) is 13.8. The highest BCUT2D eigenvalue weighted by Crippen LogP contribution is 2.58. The van der Waals surface area contributed by atoms with Gasteiger partial charge < -0.3 is 15.2 Å². The van der Waals surface area contributed by atoms with Gasteiger partial charge in [0.25, 0.3) is 0 Å². The number of alkyl halides is 3. The van der Waals surface area contributed by atoms with Crippen LogP contribution in [0.4, 0.5) is 22.0 Å². The van der Waals surface area contributed by atoms with E-state index in [9.17, 15) is 36.1 Å². The minimum Gasteiger partial charge on any atom is -0.346 e. The Morgan fingerprint density at radius 3 is 2.54 bits per heavy atom. The lowest BCUT2D eigenvalue weighted by atomic mass is 10.1. The number of aryl methyl sites for hydroxylation is 1. The van der Waals surface area contributed by atoms with E-state index >= 15 is 0 Å². The molecule has 1 heterocycles. The normalized spacial score (nSPS) is 14.5. The van der Waals surface area contributed by atoms with Crippen molar-refractivity contribution in [1.29, 1.82) is 0 Å². The number of thiophene rings is 1. The number of benzene rings is 2. The summed E-state index contributed by atoms with van der Waals surface area (Å²) >= 11 is 1.31. The maximum absolute atomic E-state index is 13.6. The molecule has 0 bridgehead atoms. The van der Waals surface area contributed by atoms with Gasteiger partial charge in [-0.05, 0) is 53.1 Å². The summed E-state index contributed by atoms with van der Waals surface area (Å²) in [7, 11) is -3.88. The minimum absolute atomic E-state index is 0.253. The Hall–Kier alpha value is -3.08. The molecule has 0 spiro atoms. The monoisotopic (exact) mass is 560 g/mol. The molecule has 3 rings (SSSR count). The number of fused-ring (bicyclic) bond motifs is 1. The molecule has 0 aliphatic rings. The fourth-order valence-electron chi connectivity index (χ4n) is 3.46. The van der Waals surface area contributed by atoms with Crippen molar-refractivity contribution in [2.24, 2.45) is 0 Å². The molecule has 0 aliphatic carbocycles. The van der Waals surface area contributed by atoms with Gasteiger partial charge in [0.15, 0.2) is 11.6 Å². The summed E-state index contributed by atoms with van der Waals surface area (Å²) in [5.74, 6) is -5.02. The molecule has 13 heteroatoms. The van der Waals surface area contributed by atoms with Gasteiger partial charge in [0, 0.05) is 24.1 Å². The van der Waals surface area contributed by atoms with Crippen molar-refractivity contribution in [1.82, 2.24) is 10.6 Å². The molecule has 2 atom stereocenters. The number of amides is 2. The molecular formula is C24H22F5N2O4PS. The van der Waals surface area contributed by atoms with Crippen molar-refractivity contribution < 1.29 is 40.6 Å². The van der Waals surface area contributed by atoms with E-state index in [1.165, 1.54) is 36.3 Å². The Bertz CT molecular complexity index is 1390. The van der Waals surface area contributed by atoms with Crippen molar-refractivity contribution in [3.8, 4) is 0 Å². The second kappa shape index (κ2) is 11.5. The Morgan fingerprint density at radius 1 is 1.14 bits per heavy atom. The number of nitrogens with one attached hydrogen (secondary N) is 2. The van der Waals surface area contributed by atoms with E-state index < -0.39 is 55.8 Å². The van der Waals surface area contributed by atoms with E-state index in [1.54, 1.807) is 10.7 Å². The summed E-state index contributed by atoms with van der Waals surface area (Å²) in [5, 5.41) is 6.39. The van der Waals surface area contributed by atoms with E-state index in [0.29, 0.717) is 10.9 Å². The number of hydrogen-bond donors (Lipinski definition) is 2. The first kappa shape index (κ1) is 28.5. The standard InChI is InChI=1S/C24H22F5N2O4PS/c1-14-3-6-20-16(11-14)17(13-37-20)21(36(2,34)35-10-9-31-23(33)24(27,28)29)22(32)30-8-7-15-4-5-18(25)19(26)12-15/h3-8,11-13,21H,9-10H2,1-2H3,(H,30,32)(H,31,33)/b8-7+. The highest BCUT2D eigenvalue weighted by Gasteiger charge is 2.40. The van der Waals surface area contributed by atoms with Crippen molar-refractivity contribution in [2.45, 2.75) is 18.8 Å². The third-order valence-electron chi connectivity index (χ3n) is 5.21. The molecule has 2 N–H and O–H groups in total. The lowest BCUT2D eigenvalue weighted by molar-refractivity contribution is -0.173. The maximum atomic E-state index is 13.6. The average molecular weight is 560 g/mol. The summed E-state index contributed by atoms with van der Waals surface area (Å²) < 4.78 is 83.5. The minimum atomic E-state index is -5.08. The third-order valence-corrected chi connectivity index (χ3v) is 8.34. The number of rotatable bonds is 9. The zero-order valence-corrected chi connectivity index (χ0v) is 21.3. The summed E-state index contributed by atoms with van der Waals surface area (Å²) in [5.41, 5.74) is 0.179. The van der Waals surface area contributed by atoms with Gasteiger partial charge in [-0.15, -0.1) is 11.3 Å². The van der Waals surface area contributed by atoms with Gasteiger partial charge in [-0.3, -0.25) is 14.2 Å². The van der Waals surface area contributed by atoms with Crippen LogP contribution in [0.2, 0.25) is 0 Å². The molecule has 198 valence electrons. The molecule has 0 saturated heterocycles. The summed E-state index contributed by atoms with van der Waals surface area (Å²) in [4.78, 5) is 24.2. The van der Waals surface area contributed by atoms with Gasteiger partial charge in [-0.1, -0.05) is 23.8 Å². The fraction of sp³-hybridized carbons (Fsp3) is 0.250. The van der Waals surface area contributed by atoms with Crippen LogP contribution < -0.4 is 10.6 Å². The number of hydrogen-bond acceptors (Lipinski definition) is 5. The van der Waals surface area contributed by atoms with E-state index in [-0.39, 0.29) is 5.56 Å². The van der Waals surface area contributed by atoms with Gasteiger partial charge in [0.05, 0.1) is 6.61 Å². The molecule has 2 aromatic carbocycles. The highest BCUT2D eigenvalue weighted by molar-refractivity contribution is 7.59. The summed E-state index contributed by atoms with van der Waals surface area (Å²) in [6.45, 7) is 1.91. The molecular weight excluding hydrogens is 538 g/mol. The van der Waals surface area contributed by atoms with Crippen LogP contribution in [0.25, 0.3) is 16.2 Å². The van der Waals surface area contributed by atoms with Crippen LogP contribution >= 0.6 is 18.7 Å². The Morgan fingerprint density at radius 2 is 1.86 bits per heavy atom. The van der Waals surface area contributed by atoms with Crippen LogP contribution in [0.5, 0.6) is 0 Å². The van der Waals surface area contributed by atoms with Crippen molar-refractivity contribution in [3.05, 3.63) is 76.3 Å². The molecule has 0 saturated carbocycles. The Labute approximate surface area is 213 Å². The van der Waals surface area contributed by atoms with Gasteiger partial charge >= 0.3 is 12.1 Å². The number of halogens is 5. The lowest BCUT2D eigenvalue weighted by Crippen LogP contribution is -2.38. The second-order valence-corrected chi connectivity index (χ2v) is 11.6. The molecule has 1 aromatic heterocycles. The zero-order valence-electron chi connectivity index (χ0n) is 19.6. The zero-order chi connectivity index (χ0) is 27.4. The van der Waals surface area contributed by atoms with Gasteiger partial charge in [-0.2, -0.15) is 13.2 Å². The van der Waals surface area contributed by atoms with Gasteiger partial charge in [0.2, 0.25) is 13.3 Å². The van der Waals surface area contributed by atoms with Crippen LogP contribution in [0.3, 0.4) is 0 Å². The fourth-order valence-corrected chi connectivity index (χ4v) is 6.35. The highest BCUT2D eigenvalue weighted by atomic mass is 32.1. The van der Waals surface area contributed by atoms with Crippen LogP contribution in [-0.2, 0) is 18.7 Å². The second-order valence-electron chi connectivity index (χ2n) is 8.10. The first-order valence-electron chi connectivity index (χ1n) is 10.8. The summed E-state index contributed by atoms with van der Waals surface area (Å²) in [6, 6.07) is 8.65. The molecule has 3 aromatic rings. The smallest absolute Gasteiger partial charge is 0.346 e. The topological polar surface area (TPSA) is 84.5 Å². The van der Waals surface area contributed by atoms with Crippen molar-refractivity contribution in [2.75, 3.05) is 19.8 Å². The Kier molecular flexibility index (Phi) is 8.88. The van der Waals surface area contributed by atoms with Gasteiger partial charge in [-0.25, -0.2) is 8.78 Å². The lowest BCUT2D eigenvalue weighted by Gasteiger charge is -2.23.